The quantitative estimate of drug-likeness (QED) is 0.582. The molecule has 7 heteroatoms. The molecular formula is C19H13N5O2. The molecule has 0 spiro atoms. The van der Waals surface area contributed by atoms with Crippen molar-refractivity contribution in [3.8, 4) is 0 Å². The molecule has 0 aliphatic carbocycles. The molecular weight excluding hydrogens is 330 g/mol. The van der Waals surface area contributed by atoms with Gasteiger partial charge in [-0.3, -0.25) is 20.5 Å². The molecule has 0 atom stereocenters. The molecule has 3 aromatic rings. The first-order chi connectivity index (χ1) is 12.7. The lowest BCUT2D eigenvalue weighted by molar-refractivity contribution is -0.384. The Morgan fingerprint density at radius 3 is 2.46 bits per heavy atom. The van der Waals surface area contributed by atoms with Crippen LogP contribution in [0.25, 0.3) is 0 Å². The summed E-state index contributed by atoms with van der Waals surface area (Å²) in [6.45, 7) is 0. The summed E-state index contributed by atoms with van der Waals surface area (Å²) < 4.78 is 0. The van der Waals surface area contributed by atoms with Crippen LogP contribution < -0.4 is 5.43 Å². The summed E-state index contributed by atoms with van der Waals surface area (Å²) in [6, 6.07) is 17.7. The van der Waals surface area contributed by atoms with E-state index < -0.39 is 4.92 Å². The van der Waals surface area contributed by atoms with E-state index in [-0.39, 0.29) is 5.69 Å². The molecule has 0 radical (unpaired) electrons. The number of hydrogen-bond acceptors (Lipinski definition) is 6. The van der Waals surface area contributed by atoms with Crippen molar-refractivity contribution in [2.45, 2.75) is 0 Å². The number of hydrazone groups is 1. The Labute approximate surface area is 148 Å². The van der Waals surface area contributed by atoms with E-state index in [1.54, 1.807) is 24.5 Å². The number of amidine groups is 1. The summed E-state index contributed by atoms with van der Waals surface area (Å²) in [5.74, 6) is 0.586. The molecule has 1 aromatic heterocycles. The van der Waals surface area contributed by atoms with Crippen molar-refractivity contribution < 1.29 is 4.92 Å². The molecule has 2 aromatic carbocycles. The number of hydrogen-bond donors (Lipinski definition) is 1. The van der Waals surface area contributed by atoms with Crippen LogP contribution >= 0.6 is 0 Å². The van der Waals surface area contributed by atoms with Crippen LogP contribution in [-0.4, -0.2) is 21.5 Å². The van der Waals surface area contributed by atoms with Crippen molar-refractivity contribution in [1.82, 2.24) is 10.4 Å². The summed E-state index contributed by atoms with van der Waals surface area (Å²) in [7, 11) is 0. The number of nitro benzene ring substituents is 1. The number of aromatic nitrogens is 1. The number of para-hydroxylation sites is 1. The van der Waals surface area contributed by atoms with Crippen molar-refractivity contribution in [2.24, 2.45) is 10.1 Å². The van der Waals surface area contributed by atoms with Crippen molar-refractivity contribution in [1.29, 1.82) is 0 Å². The second kappa shape index (κ2) is 6.56. The first-order valence-electron chi connectivity index (χ1n) is 7.89. The molecule has 0 saturated carbocycles. The maximum absolute atomic E-state index is 10.9. The molecule has 7 nitrogen and oxygen atoms in total. The van der Waals surface area contributed by atoms with Crippen LogP contribution in [0.4, 0.5) is 11.4 Å². The molecule has 1 aliphatic heterocycles. The third-order valence-corrected chi connectivity index (χ3v) is 3.95. The number of benzene rings is 2. The summed E-state index contributed by atoms with van der Waals surface area (Å²) in [4.78, 5) is 19.2. The number of pyridine rings is 1. The number of nitrogens with zero attached hydrogens (tertiary/aromatic N) is 4. The fourth-order valence-corrected chi connectivity index (χ4v) is 2.68. The monoisotopic (exact) mass is 343 g/mol. The van der Waals surface area contributed by atoms with Gasteiger partial charge < -0.3 is 0 Å². The number of fused-ring (bicyclic) bond motifs is 1. The van der Waals surface area contributed by atoms with E-state index in [1.165, 1.54) is 12.1 Å². The van der Waals surface area contributed by atoms with Gasteiger partial charge in [0.1, 0.15) is 0 Å². The van der Waals surface area contributed by atoms with Crippen molar-refractivity contribution in [3.05, 3.63) is 99.9 Å². The number of aliphatic imine (C=N–C) groups is 1. The zero-order valence-corrected chi connectivity index (χ0v) is 13.5. The number of nitrogens with one attached hydrogen (secondary N) is 1. The summed E-state index contributed by atoms with van der Waals surface area (Å²) >= 11 is 0. The van der Waals surface area contributed by atoms with E-state index in [0.29, 0.717) is 11.5 Å². The van der Waals surface area contributed by atoms with Gasteiger partial charge in [0.25, 0.3) is 5.69 Å². The van der Waals surface area contributed by atoms with Gasteiger partial charge in [-0.15, -0.1) is 0 Å². The maximum Gasteiger partial charge on any atom is 0.269 e. The molecule has 26 heavy (non-hydrogen) atoms. The largest absolute Gasteiger partial charge is 0.269 e. The zero-order valence-electron chi connectivity index (χ0n) is 13.5. The highest BCUT2D eigenvalue weighted by Gasteiger charge is 2.17. The molecule has 1 aliphatic rings. The predicted molar refractivity (Wildman–Crippen MR) is 98.7 cm³/mol. The summed E-state index contributed by atoms with van der Waals surface area (Å²) in [5, 5.41) is 15.4. The van der Waals surface area contributed by atoms with E-state index >= 15 is 0 Å². The second-order valence-electron chi connectivity index (χ2n) is 5.60. The Kier molecular flexibility index (Phi) is 3.95. The van der Waals surface area contributed by atoms with Gasteiger partial charge in [0.15, 0.2) is 5.84 Å². The lowest BCUT2D eigenvalue weighted by Gasteiger charge is -2.07. The molecule has 2 heterocycles. The highest BCUT2D eigenvalue weighted by atomic mass is 16.6. The van der Waals surface area contributed by atoms with E-state index in [0.717, 1.165) is 22.4 Å². The van der Waals surface area contributed by atoms with Gasteiger partial charge in [-0.25, -0.2) is 4.99 Å². The highest BCUT2D eigenvalue weighted by Crippen LogP contribution is 2.26. The molecule has 0 bridgehead atoms. The molecule has 0 fully saturated rings. The SMILES string of the molecule is O=[N+]([O-])c1ccc(C2=NNC(c3cccnc3)=Nc3ccccc32)cc1. The van der Waals surface area contributed by atoms with E-state index in [1.807, 2.05) is 36.4 Å². The van der Waals surface area contributed by atoms with E-state index in [4.69, 9.17) is 0 Å². The Morgan fingerprint density at radius 1 is 0.923 bits per heavy atom. The standard InChI is InChI=1S/C19H13N5O2/c25-24(26)15-9-7-13(8-10-15)18-16-5-1-2-6-17(16)21-19(23-22-18)14-4-3-11-20-12-14/h1-12H,(H,21,23). The van der Waals surface area contributed by atoms with Crippen molar-refractivity contribution >= 4 is 22.9 Å². The highest BCUT2D eigenvalue weighted by molar-refractivity contribution is 6.17. The second-order valence-corrected chi connectivity index (χ2v) is 5.60. The summed E-state index contributed by atoms with van der Waals surface area (Å²) in [5.41, 5.74) is 6.87. The van der Waals surface area contributed by atoms with Gasteiger partial charge in [0.2, 0.25) is 0 Å². The zero-order chi connectivity index (χ0) is 17.9. The first-order valence-corrected chi connectivity index (χ1v) is 7.89. The van der Waals surface area contributed by atoms with Gasteiger partial charge in [0, 0.05) is 41.2 Å². The average Bonchev–Trinajstić information content (AvgIpc) is 2.88. The lowest BCUT2D eigenvalue weighted by Crippen LogP contribution is -2.19. The third kappa shape index (κ3) is 2.93. The fourth-order valence-electron chi connectivity index (χ4n) is 2.68. The Bertz CT molecular complexity index is 1030. The van der Waals surface area contributed by atoms with Crippen LogP contribution in [-0.2, 0) is 0 Å². The van der Waals surface area contributed by atoms with Gasteiger partial charge in [-0.05, 0) is 30.3 Å². The minimum Gasteiger partial charge on any atom is -0.264 e. The molecule has 1 N–H and O–H groups in total. The van der Waals surface area contributed by atoms with E-state index in [2.05, 4.69) is 20.5 Å². The number of rotatable bonds is 3. The van der Waals surface area contributed by atoms with Crippen LogP contribution in [0.15, 0.2) is 83.2 Å². The Hall–Kier alpha value is -3.87. The first kappa shape index (κ1) is 15.6. The number of non-ortho nitro benzene ring substituents is 1. The molecule has 0 amide bonds. The smallest absolute Gasteiger partial charge is 0.264 e. The van der Waals surface area contributed by atoms with Crippen molar-refractivity contribution in [3.63, 3.8) is 0 Å². The van der Waals surface area contributed by atoms with Gasteiger partial charge >= 0.3 is 0 Å². The topological polar surface area (TPSA) is 92.8 Å². The normalized spacial score (nSPS) is 12.9. The molecule has 126 valence electrons. The predicted octanol–water partition coefficient (Wildman–Crippen LogP) is 3.42. The Balaban J connectivity index is 1.80. The van der Waals surface area contributed by atoms with Crippen LogP contribution in [0.3, 0.4) is 0 Å². The van der Waals surface area contributed by atoms with Crippen molar-refractivity contribution in [2.75, 3.05) is 0 Å². The molecule has 4 rings (SSSR count). The minimum atomic E-state index is -0.422. The van der Waals surface area contributed by atoms with E-state index in [9.17, 15) is 10.1 Å². The van der Waals surface area contributed by atoms with Crippen LogP contribution in [0.5, 0.6) is 0 Å². The van der Waals surface area contributed by atoms with Gasteiger partial charge in [-0.1, -0.05) is 18.2 Å². The summed E-state index contributed by atoms with van der Waals surface area (Å²) in [6.07, 6.45) is 3.40. The van der Waals surface area contributed by atoms with Crippen LogP contribution in [0.2, 0.25) is 0 Å². The fraction of sp³-hybridized carbons (Fsp3) is 0. The van der Waals surface area contributed by atoms with Gasteiger partial charge in [-0.2, -0.15) is 5.10 Å². The molecule has 0 unspecified atom stereocenters. The average molecular weight is 343 g/mol. The van der Waals surface area contributed by atoms with Crippen LogP contribution in [0.1, 0.15) is 16.7 Å². The maximum atomic E-state index is 10.9. The van der Waals surface area contributed by atoms with Gasteiger partial charge in [0.05, 0.1) is 16.3 Å². The minimum absolute atomic E-state index is 0.0384. The Morgan fingerprint density at radius 2 is 1.73 bits per heavy atom. The van der Waals surface area contributed by atoms with Crippen LogP contribution in [0, 0.1) is 10.1 Å². The lowest BCUT2D eigenvalue weighted by atomic mass is 10.0. The molecule has 0 saturated heterocycles. The third-order valence-electron chi connectivity index (χ3n) is 3.95. The number of nitro groups is 1.